The topological polar surface area (TPSA) is 21.3 Å². The molecular weight excluding hydrogens is 333 g/mol. The highest BCUT2D eigenvalue weighted by Crippen LogP contribution is 2.34. The first kappa shape index (κ1) is 16.1. The molecule has 2 aromatic carbocycles. The normalized spacial score (nSPS) is 13.9. The Morgan fingerprint density at radius 2 is 1.86 bits per heavy atom. The molecule has 2 aromatic rings. The Hall–Kier alpha value is -1.23. The number of nitrogens with one attached hydrogen (secondary N) is 1. The van der Waals surface area contributed by atoms with Gasteiger partial charge >= 0.3 is 0 Å². The number of rotatable bonds is 6. The predicted octanol–water partition coefficient (Wildman–Crippen LogP) is 4.63. The largest absolute Gasteiger partial charge is 0.375 e. The van der Waals surface area contributed by atoms with Crippen LogP contribution in [0.2, 0.25) is 0 Å². The second kappa shape index (κ2) is 7.69. The summed E-state index contributed by atoms with van der Waals surface area (Å²) in [5.41, 5.74) is 1.62. The number of likely N-dealkylation sites (N-methyl/N-ethyl adjacent to an activating group) is 1. The number of ether oxygens (including phenoxy) is 1. The molecule has 112 valence electrons. The third kappa shape index (κ3) is 3.70. The van der Waals surface area contributed by atoms with Crippen LogP contribution in [0.4, 0.5) is 4.39 Å². The number of halogens is 2. The first-order valence-corrected chi connectivity index (χ1v) is 7.73. The van der Waals surface area contributed by atoms with E-state index in [0.717, 1.165) is 12.1 Å². The molecule has 4 heteroatoms. The van der Waals surface area contributed by atoms with Crippen molar-refractivity contribution < 1.29 is 9.13 Å². The zero-order valence-electron chi connectivity index (χ0n) is 12.1. The average molecular weight is 352 g/mol. The molecule has 21 heavy (non-hydrogen) atoms. The van der Waals surface area contributed by atoms with E-state index in [4.69, 9.17) is 4.74 Å². The van der Waals surface area contributed by atoms with Crippen molar-refractivity contribution in [2.45, 2.75) is 19.1 Å². The lowest BCUT2D eigenvalue weighted by Crippen LogP contribution is -2.29. The quantitative estimate of drug-likeness (QED) is 0.819. The van der Waals surface area contributed by atoms with Crippen LogP contribution in [0.25, 0.3) is 0 Å². The van der Waals surface area contributed by atoms with Gasteiger partial charge in [0, 0.05) is 12.7 Å². The summed E-state index contributed by atoms with van der Waals surface area (Å²) in [5.74, 6) is -0.249. The SMILES string of the molecule is CCNC(c1cccc(Br)c1F)C(OC)c1ccccc1. The number of hydrogen-bond donors (Lipinski definition) is 1. The van der Waals surface area contributed by atoms with Crippen LogP contribution in [-0.4, -0.2) is 13.7 Å². The van der Waals surface area contributed by atoms with Crippen LogP contribution in [0.5, 0.6) is 0 Å². The first-order valence-electron chi connectivity index (χ1n) is 6.94. The number of methoxy groups -OCH3 is 1. The van der Waals surface area contributed by atoms with Gasteiger partial charge in [-0.1, -0.05) is 49.4 Å². The smallest absolute Gasteiger partial charge is 0.142 e. The van der Waals surface area contributed by atoms with Crippen LogP contribution < -0.4 is 5.32 Å². The molecule has 0 saturated heterocycles. The minimum atomic E-state index is -0.255. The summed E-state index contributed by atoms with van der Waals surface area (Å²) in [6, 6.07) is 14.9. The lowest BCUT2D eigenvalue weighted by molar-refractivity contribution is 0.0669. The summed E-state index contributed by atoms with van der Waals surface area (Å²) in [6.45, 7) is 2.73. The molecule has 2 rings (SSSR count). The Bertz CT molecular complexity index is 576. The van der Waals surface area contributed by atoms with Crippen LogP contribution in [0.1, 0.15) is 30.2 Å². The summed E-state index contributed by atoms with van der Waals surface area (Å²) >= 11 is 3.25. The van der Waals surface area contributed by atoms with Gasteiger partial charge in [0.1, 0.15) is 11.9 Å². The Balaban J connectivity index is 2.44. The van der Waals surface area contributed by atoms with Crippen molar-refractivity contribution in [1.82, 2.24) is 5.32 Å². The average Bonchev–Trinajstić information content (AvgIpc) is 2.51. The van der Waals surface area contributed by atoms with E-state index in [1.54, 1.807) is 19.2 Å². The Labute approximate surface area is 133 Å². The molecule has 2 atom stereocenters. The zero-order valence-corrected chi connectivity index (χ0v) is 13.7. The van der Waals surface area contributed by atoms with E-state index in [9.17, 15) is 4.39 Å². The highest BCUT2D eigenvalue weighted by atomic mass is 79.9. The molecule has 1 N–H and O–H groups in total. The van der Waals surface area contributed by atoms with Gasteiger partial charge in [-0.15, -0.1) is 0 Å². The van der Waals surface area contributed by atoms with Gasteiger partial charge in [0.25, 0.3) is 0 Å². The molecule has 0 aliphatic heterocycles. The summed E-state index contributed by atoms with van der Waals surface area (Å²) in [4.78, 5) is 0. The van der Waals surface area contributed by atoms with E-state index in [1.807, 2.05) is 43.3 Å². The summed E-state index contributed by atoms with van der Waals surface area (Å²) < 4.78 is 20.6. The minimum absolute atomic E-state index is 0.249. The Morgan fingerprint density at radius 1 is 1.14 bits per heavy atom. The van der Waals surface area contributed by atoms with E-state index in [1.165, 1.54) is 0 Å². The summed E-state index contributed by atoms with van der Waals surface area (Å²) in [6.07, 6.45) is -0.255. The van der Waals surface area contributed by atoms with E-state index in [2.05, 4.69) is 21.2 Å². The van der Waals surface area contributed by atoms with Crippen molar-refractivity contribution in [2.75, 3.05) is 13.7 Å². The van der Waals surface area contributed by atoms with Crippen LogP contribution in [-0.2, 0) is 4.74 Å². The van der Waals surface area contributed by atoms with Gasteiger partial charge in [-0.05, 0) is 34.1 Å². The molecule has 0 heterocycles. The second-order valence-electron chi connectivity index (χ2n) is 4.75. The lowest BCUT2D eigenvalue weighted by Gasteiger charge is -2.28. The Kier molecular flexibility index (Phi) is 5.91. The molecule has 0 fully saturated rings. The zero-order chi connectivity index (χ0) is 15.2. The Morgan fingerprint density at radius 3 is 2.48 bits per heavy atom. The standard InChI is InChI=1S/C17H19BrFNO/c1-3-20-16(13-10-7-11-14(18)15(13)19)17(21-2)12-8-5-4-6-9-12/h4-11,16-17,20H,3H2,1-2H3. The van der Waals surface area contributed by atoms with Crippen molar-refractivity contribution in [1.29, 1.82) is 0 Å². The van der Waals surface area contributed by atoms with Crippen LogP contribution in [0.15, 0.2) is 53.0 Å². The van der Waals surface area contributed by atoms with E-state index >= 15 is 0 Å². The fourth-order valence-electron chi connectivity index (χ4n) is 2.47. The van der Waals surface area contributed by atoms with Gasteiger partial charge in [-0.2, -0.15) is 0 Å². The maximum Gasteiger partial charge on any atom is 0.142 e. The molecule has 2 nitrogen and oxygen atoms in total. The lowest BCUT2D eigenvalue weighted by atomic mass is 9.95. The molecule has 0 amide bonds. The van der Waals surface area contributed by atoms with Crippen molar-refractivity contribution in [2.24, 2.45) is 0 Å². The maximum atomic E-state index is 14.4. The van der Waals surface area contributed by atoms with Crippen molar-refractivity contribution in [3.05, 3.63) is 69.9 Å². The number of hydrogen-bond acceptors (Lipinski definition) is 2. The number of benzene rings is 2. The molecule has 0 bridgehead atoms. The molecular formula is C17H19BrFNO. The molecule has 0 saturated carbocycles. The van der Waals surface area contributed by atoms with Gasteiger partial charge in [0.15, 0.2) is 0 Å². The van der Waals surface area contributed by atoms with Crippen LogP contribution in [0.3, 0.4) is 0 Å². The third-order valence-electron chi connectivity index (χ3n) is 3.43. The highest BCUT2D eigenvalue weighted by Gasteiger charge is 2.26. The van der Waals surface area contributed by atoms with E-state index < -0.39 is 0 Å². The maximum absolute atomic E-state index is 14.4. The van der Waals surface area contributed by atoms with Crippen LogP contribution >= 0.6 is 15.9 Å². The third-order valence-corrected chi connectivity index (χ3v) is 4.04. The summed E-state index contributed by atoms with van der Waals surface area (Å²) in [7, 11) is 1.65. The van der Waals surface area contributed by atoms with Crippen LogP contribution in [0, 0.1) is 5.82 Å². The molecule has 0 radical (unpaired) electrons. The molecule has 0 spiro atoms. The van der Waals surface area contributed by atoms with Gasteiger partial charge < -0.3 is 10.1 Å². The fourth-order valence-corrected chi connectivity index (χ4v) is 2.85. The molecule has 0 aromatic heterocycles. The first-order chi connectivity index (χ1) is 10.2. The van der Waals surface area contributed by atoms with Gasteiger partial charge in [0.2, 0.25) is 0 Å². The molecule has 0 aliphatic rings. The van der Waals surface area contributed by atoms with E-state index in [0.29, 0.717) is 10.0 Å². The highest BCUT2D eigenvalue weighted by molar-refractivity contribution is 9.10. The van der Waals surface area contributed by atoms with Gasteiger partial charge in [-0.25, -0.2) is 4.39 Å². The van der Waals surface area contributed by atoms with Crippen molar-refractivity contribution in [3.63, 3.8) is 0 Å². The minimum Gasteiger partial charge on any atom is -0.375 e. The van der Waals surface area contributed by atoms with Crippen molar-refractivity contribution in [3.8, 4) is 0 Å². The second-order valence-corrected chi connectivity index (χ2v) is 5.60. The fraction of sp³-hybridized carbons (Fsp3) is 0.294. The van der Waals surface area contributed by atoms with E-state index in [-0.39, 0.29) is 18.0 Å². The predicted molar refractivity (Wildman–Crippen MR) is 86.7 cm³/mol. The monoisotopic (exact) mass is 351 g/mol. The summed E-state index contributed by atoms with van der Waals surface area (Å²) in [5, 5.41) is 3.33. The van der Waals surface area contributed by atoms with Gasteiger partial charge in [0.05, 0.1) is 10.5 Å². The van der Waals surface area contributed by atoms with Gasteiger partial charge in [-0.3, -0.25) is 0 Å². The van der Waals surface area contributed by atoms with Crippen molar-refractivity contribution >= 4 is 15.9 Å². The molecule has 0 aliphatic carbocycles. The molecule has 2 unspecified atom stereocenters.